The van der Waals surface area contributed by atoms with E-state index in [2.05, 4.69) is 110 Å². The molecule has 1 aliphatic carbocycles. The van der Waals surface area contributed by atoms with Crippen LogP contribution in [-0.4, -0.2) is 23.4 Å². The van der Waals surface area contributed by atoms with Crippen LogP contribution < -0.4 is 4.90 Å². The van der Waals surface area contributed by atoms with Gasteiger partial charge in [-0.3, -0.25) is 0 Å². The summed E-state index contributed by atoms with van der Waals surface area (Å²) in [5, 5.41) is 20.1. The summed E-state index contributed by atoms with van der Waals surface area (Å²) >= 11 is 0. The Labute approximate surface area is 201 Å². The number of aryl methyl sites for hydroxylation is 2. The highest BCUT2D eigenvalue weighted by atomic mass is 16.3. The van der Waals surface area contributed by atoms with Crippen LogP contribution in [0.5, 0.6) is 0 Å². The Hall–Kier alpha value is -3.40. The molecule has 0 amide bonds. The number of aliphatic hydroxyl groups excluding tert-OH is 2. The van der Waals surface area contributed by atoms with E-state index in [1.807, 2.05) is 0 Å². The average molecular weight is 450 g/mol. The molecule has 4 aromatic rings. The van der Waals surface area contributed by atoms with Gasteiger partial charge in [-0.25, -0.2) is 0 Å². The number of fused-ring (bicyclic) bond motifs is 3. The molecule has 0 radical (unpaired) electrons. The van der Waals surface area contributed by atoms with Gasteiger partial charge in [0.15, 0.2) is 0 Å². The summed E-state index contributed by atoms with van der Waals surface area (Å²) in [7, 11) is 0. The summed E-state index contributed by atoms with van der Waals surface area (Å²) in [6.45, 7) is 4.37. The Balaban J connectivity index is 1.74. The number of aliphatic hydroxyl groups is 2. The molecule has 0 atom stereocenters. The van der Waals surface area contributed by atoms with Crippen molar-refractivity contribution in [3.63, 3.8) is 0 Å². The molecule has 0 saturated carbocycles. The first-order valence-electron chi connectivity index (χ1n) is 12.0. The summed E-state index contributed by atoms with van der Waals surface area (Å²) in [6, 6.07) is 32.2. The molecule has 3 nitrogen and oxygen atoms in total. The highest BCUT2D eigenvalue weighted by Gasteiger charge is 2.42. The predicted molar refractivity (Wildman–Crippen MR) is 140 cm³/mol. The Morgan fingerprint density at radius 2 is 1.15 bits per heavy atom. The van der Waals surface area contributed by atoms with Gasteiger partial charge in [0.25, 0.3) is 0 Å². The third-order valence-corrected chi connectivity index (χ3v) is 7.11. The maximum absolute atomic E-state index is 10.1. The van der Waals surface area contributed by atoms with E-state index in [9.17, 15) is 10.2 Å². The molecule has 0 fully saturated rings. The van der Waals surface area contributed by atoms with Crippen molar-refractivity contribution in [2.75, 3.05) is 18.1 Å². The Bertz CT molecular complexity index is 1280. The second-order valence-electron chi connectivity index (χ2n) is 9.32. The molecule has 0 spiro atoms. The zero-order valence-electron chi connectivity index (χ0n) is 19.8. The van der Waals surface area contributed by atoms with Gasteiger partial charge >= 0.3 is 0 Å². The van der Waals surface area contributed by atoms with E-state index in [0.717, 1.165) is 17.1 Å². The van der Waals surface area contributed by atoms with Gasteiger partial charge in [-0.2, -0.15) is 0 Å². The van der Waals surface area contributed by atoms with Crippen LogP contribution in [0.25, 0.3) is 11.1 Å². The van der Waals surface area contributed by atoms with E-state index in [0.29, 0.717) is 12.8 Å². The average Bonchev–Trinajstić information content (AvgIpc) is 3.10. The minimum Gasteiger partial charge on any atom is -0.396 e. The first-order chi connectivity index (χ1) is 16.6. The van der Waals surface area contributed by atoms with Gasteiger partial charge < -0.3 is 15.1 Å². The van der Waals surface area contributed by atoms with E-state index < -0.39 is 5.41 Å². The number of rotatable bonds is 7. The van der Waals surface area contributed by atoms with Crippen LogP contribution in [0.1, 0.15) is 35.1 Å². The first kappa shape index (κ1) is 22.4. The Morgan fingerprint density at radius 1 is 0.588 bits per heavy atom. The molecule has 0 aliphatic heterocycles. The molecule has 3 heteroatoms. The number of nitrogens with zero attached hydrogens (tertiary/aromatic N) is 1. The van der Waals surface area contributed by atoms with Crippen molar-refractivity contribution in [2.24, 2.45) is 0 Å². The molecule has 2 N–H and O–H groups in total. The summed E-state index contributed by atoms with van der Waals surface area (Å²) in [5.74, 6) is 0. The fourth-order valence-corrected chi connectivity index (χ4v) is 5.61. The minimum absolute atomic E-state index is 0.0669. The van der Waals surface area contributed by atoms with E-state index in [1.54, 1.807) is 0 Å². The summed E-state index contributed by atoms with van der Waals surface area (Å²) in [6.07, 6.45) is 1.16. The largest absolute Gasteiger partial charge is 0.396 e. The molecule has 0 heterocycles. The fraction of sp³-hybridized carbons (Fsp3) is 0.226. The van der Waals surface area contributed by atoms with Crippen molar-refractivity contribution in [3.8, 4) is 11.1 Å². The maximum Gasteiger partial charge on any atom is 0.0465 e. The minimum atomic E-state index is -0.406. The third kappa shape index (κ3) is 3.71. The quantitative estimate of drug-likeness (QED) is 0.326. The Morgan fingerprint density at radius 3 is 1.74 bits per heavy atom. The van der Waals surface area contributed by atoms with Crippen molar-refractivity contribution in [1.82, 2.24) is 0 Å². The van der Waals surface area contributed by atoms with E-state index in [1.165, 1.54) is 33.4 Å². The molecule has 1 aliphatic rings. The van der Waals surface area contributed by atoms with Crippen LogP contribution >= 0.6 is 0 Å². The highest BCUT2D eigenvalue weighted by Crippen LogP contribution is 2.54. The molecular weight excluding hydrogens is 418 g/mol. The van der Waals surface area contributed by atoms with Gasteiger partial charge in [-0.1, -0.05) is 54.6 Å². The normalized spacial score (nSPS) is 13.4. The lowest BCUT2D eigenvalue weighted by molar-refractivity contribution is 0.213. The third-order valence-electron chi connectivity index (χ3n) is 7.11. The topological polar surface area (TPSA) is 43.7 Å². The zero-order chi connectivity index (χ0) is 23.7. The number of hydrogen-bond acceptors (Lipinski definition) is 3. The van der Waals surface area contributed by atoms with Crippen LogP contribution in [0.2, 0.25) is 0 Å². The van der Waals surface area contributed by atoms with Crippen LogP contribution in [0, 0.1) is 13.8 Å². The highest BCUT2D eigenvalue weighted by molar-refractivity contribution is 5.86. The lowest BCUT2D eigenvalue weighted by Crippen LogP contribution is -2.28. The zero-order valence-corrected chi connectivity index (χ0v) is 19.8. The molecular formula is C31H31NO2. The number of hydrogen-bond donors (Lipinski definition) is 2. The van der Waals surface area contributed by atoms with E-state index >= 15 is 0 Å². The van der Waals surface area contributed by atoms with E-state index in [-0.39, 0.29) is 13.2 Å². The van der Waals surface area contributed by atoms with Crippen LogP contribution in [0.15, 0.2) is 91.0 Å². The Kier molecular flexibility index (Phi) is 5.99. The molecule has 0 unspecified atom stereocenters. The number of benzene rings is 4. The fourth-order valence-electron chi connectivity index (χ4n) is 5.61. The molecule has 0 saturated heterocycles. The smallest absolute Gasteiger partial charge is 0.0465 e. The van der Waals surface area contributed by atoms with Gasteiger partial charge in [-0.15, -0.1) is 0 Å². The van der Waals surface area contributed by atoms with Gasteiger partial charge in [0.05, 0.1) is 0 Å². The van der Waals surface area contributed by atoms with E-state index in [4.69, 9.17) is 0 Å². The summed E-state index contributed by atoms with van der Waals surface area (Å²) in [5.41, 5.74) is 10.1. The van der Waals surface area contributed by atoms with Crippen LogP contribution in [-0.2, 0) is 5.41 Å². The van der Waals surface area contributed by atoms with Gasteiger partial charge in [0, 0.05) is 35.7 Å². The molecule has 5 rings (SSSR count). The monoisotopic (exact) mass is 449 g/mol. The number of anilines is 3. The van der Waals surface area contributed by atoms with Crippen molar-refractivity contribution >= 4 is 17.1 Å². The van der Waals surface area contributed by atoms with Crippen molar-refractivity contribution in [3.05, 3.63) is 113 Å². The molecule has 34 heavy (non-hydrogen) atoms. The second kappa shape index (κ2) is 9.09. The van der Waals surface area contributed by atoms with Gasteiger partial charge in [0.1, 0.15) is 0 Å². The molecule has 0 aromatic heterocycles. The van der Waals surface area contributed by atoms with Gasteiger partial charge in [-0.05, 0) is 96.5 Å². The second-order valence-corrected chi connectivity index (χ2v) is 9.32. The van der Waals surface area contributed by atoms with Crippen molar-refractivity contribution < 1.29 is 10.2 Å². The summed E-state index contributed by atoms with van der Waals surface area (Å²) in [4.78, 5) is 2.30. The predicted octanol–water partition coefficient (Wildman–Crippen LogP) is 6.80. The summed E-state index contributed by atoms with van der Waals surface area (Å²) < 4.78 is 0. The van der Waals surface area contributed by atoms with Crippen LogP contribution in [0.4, 0.5) is 17.1 Å². The molecule has 0 bridgehead atoms. The van der Waals surface area contributed by atoms with Crippen molar-refractivity contribution in [2.45, 2.75) is 32.1 Å². The lowest BCUT2D eigenvalue weighted by atomic mass is 9.73. The SMILES string of the molecule is Cc1cccc(N(c2cccc(C)c2)c2ccc3c(c2)C(CCO)(CCO)c2ccccc2-3)c1. The molecule has 4 aromatic carbocycles. The lowest BCUT2D eigenvalue weighted by Gasteiger charge is -2.33. The molecule has 172 valence electrons. The maximum atomic E-state index is 10.1. The van der Waals surface area contributed by atoms with Crippen molar-refractivity contribution in [1.29, 1.82) is 0 Å². The van der Waals surface area contributed by atoms with Crippen LogP contribution in [0.3, 0.4) is 0 Å². The first-order valence-corrected chi connectivity index (χ1v) is 12.0. The standard InChI is InChI=1S/C31H31NO2/c1-22-7-5-9-24(19-22)32(25-10-6-8-23(2)20-25)26-13-14-28-27-11-3-4-12-29(27)31(15-17-33,16-18-34)30(28)21-26/h3-14,19-21,33-34H,15-18H2,1-2H3. The van der Waals surface area contributed by atoms with Gasteiger partial charge in [0.2, 0.25) is 0 Å².